The zero-order valence-electron chi connectivity index (χ0n) is 26.1. The number of hydrogen-bond donors (Lipinski definition) is 7. The highest BCUT2D eigenvalue weighted by molar-refractivity contribution is 6.58. The summed E-state index contributed by atoms with van der Waals surface area (Å²) in [6.45, 7) is 0.910. The molecule has 0 saturated heterocycles. The van der Waals surface area contributed by atoms with Gasteiger partial charge in [-0.05, 0) is 48.5 Å². The first-order valence-electron chi connectivity index (χ1n) is 15.4. The molecule has 0 radical (unpaired) electrons. The number of aliphatic hydroxyl groups is 4. The van der Waals surface area contributed by atoms with Crippen LogP contribution in [-0.2, 0) is 4.79 Å². The van der Waals surface area contributed by atoms with E-state index in [9.17, 15) is 15.2 Å². The van der Waals surface area contributed by atoms with Crippen LogP contribution in [0.4, 0.5) is 22.7 Å². The van der Waals surface area contributed by atoms with Crippen LogP contribution in [-0.4, -0.2) is 132 Å². The molecule has 252 valence electrons. The van der Waals surface area contributed by atoms with E-state index < -0.39 is 9.29 Å². The molecule has 0 bridgehead atoms. The Morgan fingerprint density at radius 1 is 0.696 bits per heavy atom. The van der Waals surface area contributed by atoms with Crippen LogP contribution in [0.25, 0.3) is 0 Å². The maximum absolute atomic E-state index is 12.6. The molecule has 0 aromatic heterocycles. The van der Waals surface area contributed by atoms with Gasteiger partial charge in [-0.25, -0.2) is 15.0 Å². The molecular formula is C31H46N8O7. The summed E-state index contributed by atoms with van der Waals surface area (Å²) in [6, 6.07) is 14.5. The quantitative estimate of drug-likeness (QED) is 0.0616. The number of nitrogens with two attached hydrogens (primary N) is 1. The van der Waals surface area contributed by atoms with Gasteiger partial charge in [-0.3, -0.25) is 4.79 Å². The number of hydrogen-bond acceptors (Lipinski definition) is 12. The summed E-state index contributed by atoms with van der Waals surface area (Å²) < 4.78 is -1.27. The molecule has 1 heterocycles. The number of benzene rings is 2. The third kappa shape index (κ3) is 11.9. The Kier molecular flexibility index (Phi) is 14.6. The fraction of sp³-hybridized carbons (Fsp3) is 0.484. The van der Waals surface area contributed by atoms with E-state index in [0.29, 0.717) is 43.0 Å². The maximum atomic E-state index is 12.6. The van der Waals surface area contributed by atoms with Crippen molar-refractivity contribution in [1.29, 1.82) is 0 Å². The molecule has 8 N–H and O–H groups in total. The number of rotatable bonds is 20. The molecule has 0 unspecified atom stereocenters. The predicted octanol–water partition coefficient (Wildman–Crippen LogP) is 1.02. The zero-order chi connectivity index (χ0) is 33.4. The van der Waals surface area contributed by atoms with Crippen molar-refractivity contribution >= 4 is 45.9 Å². The third-order valence-electron chi connectivity index (χ3n) is 7.50. The second-order valence-electron chi connectivity index (χ2n) is 11.1. The molecule has 0 aliphatic carbocycles. The van der Waals surface area contributed by atoms with Gasteiger partial charge in [0.25, 0.3) is 0 Å². The maximum Gasteiger partial charge on any atom is 0.203 e. The molecule has 1 aliphatic rings. The second kappa shape index (κ2) is 18.4. The number of quaternary nitrogens is 2. The summed E-state index contributed by atoms with van der Waals surface area (Å²) in [7, 11) is 0. The second-order valence-corrected chi connectivity index (χ2v) is 11.1. The van der Waals surface area contributed by atoms with Crippen LogP contribution in [0.1, 0.15) is 19.3 Å². The summed E-state index contributed by atoms with van der Waals surface area (Å²) >= 11 is 0. The Labute approximate surface area is 268 Å². The number of aliphatic hydroxyl groups excluding tert-OH is 4. The standard InChI is InChI=1S/C31H46N8O7/c32-30-29(44)23-28(35-26-7-3-24(4-8-26)33-11-1-13-38(45,15-19-40)16-20-41)31(37-30)36-27-9-5-25(6-10-27)34-12-2-14-39(46,17-21-42)18-22-43/h3-10,33-34,40-43H,1-2,11-23H2,(H2,32,36,37). The molecular weight excluding hydrogens is 596 g/mol. The van der Waals surface area contributed by atoms with Crippen molar-refractivity contribution in [3.63, 3.8) is 0 Å². The first-order valence-corrected chi connectivity index (χ1v) is 15.4. The largest absolute Gasteiger partial charge is 0.633 e. The van der Waals surface area contributed by atoms with Crippen LogP contribution < -0.4 is 16.4 Å². The highest BCUT2D eigenvalue weighted by Gasteiger charge is 2.23. The lowest BCUT2D eigenvalue weighted by Crippen LogP contribution is -2.47. The van der Waals surface area contributed by atoms with Crippen molar-refractivity contribution in [2.24, 2.45) is 20.7 Å². The summed E-state index contributed by atoms with van der Waals surface area (Å²) in [5.74, 6) is -0.240. The molecule has 46 heavy (non-hydrogen) atoms. The molecule has 2 aromatic rings. The van der Waals surface area contributed by atoms with Gasteiger partial charge >= 0.3 is 0 Å². The van der Waals surface area contributed by atoms with E-state index in [1.165, 1.54) is 0 Å². The zero-order valence-corrected chi connectivity index (χ0v) is 26.1. The number of hydroxylamine groups is 6. The molecule has 15 heteroatoms. The highest BCUT2D eigenvalue weighted by atomic mass is 16.6. The van der Waals surface area contributed by atoms with Gasteiger partial charge < -0.3 is 56.5 Å². The molecule has 0 fully saturated rings. The van der Waals surface area contributed by atoms with Crippen molar-refractivity contribution in [2.45, 2.75) is 19.3 Å². The minimum atomic E-state index is -0.634. The smallest absolute Gasteiger partial charge is 0.203 e. The summed E-state index contributed by atoms with van der Waals surface area (Å²) in [6.07, 6.45) is 1.08. The lowest BCUT2D eigenvalue weighted by atomic mass is 10.1. The van der Waals surface area contributed by atoms with Gasteiger partial charge in [0.05, 0.1) is 63.0 Å². The Hall–Kier alpha value is -3.80. The lowest BCUT2D eigenvalue weighted by Gasteiger charge is -2.42. The average molecular weight is 643 g/mol. The summed E-state index contributed by atoms with van der Waals surface area (Å²) in [5.41, 5.74) is 9.03. The topological polar surface area (TPSA) is 231 Å². The Bertz CT molecular complexity index is 1320. The first kappa shape index (κ1) is 36.7. The number of aliphatic imine (C=N–C) groups is 3. The number of carbonyl (C=O) groups excluding carboxylic acids is 1. The van der Waals surface area contributed by atoms with E-state index in [-0.39, 0.29) is 89.6 Å². The Morgan fingerprint density at radius 3 is 1.52 bits per heavy atom. The van der Waals surface area contributed by atoms with Crippen LogP contribution in [0.15, 0.2) is 63.5 Å². The Morgan fingerprint density at radius 2 is 1.11 bits per heavy atom. The molecule has 0 atom stereocenters. The number of anilines is 2. The highest BCUT2D eigenvalue weighted by Crippen LogP contribution is 2.22. The van der Waals surface area contributed by atoms with Crippen LogP contribution >= 0.6 is 0 Å². The van der Waals surface area contributed by atoms with E-state index in [0.717, 1.165) is 11.4 Å². The third-order valence-corrected chi connectivity index (χ3v) is 7.50. The molecule has 0 amide bonds. The number of Topliss-reactive ketones (excluding diaryl/α,β-unsaturated/α-hetero) is 1. The fourth-order valence-electron chi connectivity index (χ4n) is 4.93. The van der Waals surface area contributed by atoms with E-state index >= 15 is 0 Å². The first-order chi connectivity index (χ1) is 22.1. The van der Waals surface area contributed by atoms with Gasteiger partial charge in [0.15, 0.2) is 11.7 Å². The van der Waals surface area contributed by atoms with E-state index in [1.807, 2.05) is 24.3 Å². The molecule has 1 aliphatic heterocycles. The van der Waals surface area contributed by atoms with Gasteiger partial charge in [0, 0.05) is 37.3 Å². The van der Waals surface area contributed by atoms with Gasteiger partial charge in [-0.2, -0.15) is 0 Å². The van der Waals surface area contributed by atoms with Crippen molar-refractivity contribution in [2.75, 3.05) is 89.4 Å². The SMILES string of the molecule is NC1=NC(=Nc2ccc(NCCC[N+]([O-])(CCO)CCO)cc2)C(=Nc2ccc(NCCC[N+]([O-])(CCO)CCO)cc2)CC1=O. The lowest BCUT2D eigenvalue weighted by molar-refractivity contribution is -0.881. The molecule has 0 saturated carbocycles. The number of carbonyl (C=O) groups is 1. The van der Waals surface area contributed by atoms with Gasteiger partial charge in [0.2, 0.25) is 5.78 Å². The van der Waals surface area contributed by atoms with E-state index in [1.54, 1.807) is 24.3 Å². The van der Waals surface area contributed by atoms with Crippen molar-refractivity contribution in [1.82, 2.24) is 0 Å². The molecule has 0 spiro atoms. The van der Waals surface area contributed by atoms with Crippen LogP contribution in [0.2, 0.25) is 0 Å². The van der Waals surface area contributed by atoms with Gasteiger partial charge in [-0.15, -0.1) is 0 Å². The number of nitrogens with one attached hydrogen (secondary N) is 2. The molecule has 15 nitrogen and oxygen atoms in total. The summed E-state index contributed by atoms with van der Waals surface area (Å²) in [4.78, 5) is 25.7. The minimum absolute atomic E-state index is 0.0447. The van der Waals surface area contributed by atoms with E-state index in [4.69, 9.17) is 26.2 Å². The monoisotopic (exact) mass is 642 g/mol. The van der Waals surface area contributed by atoms with Crippen molar-refractivity contribution < 1.29 is 34.5 Å². The molecule has 2 aromatic carbocycles. The van der Waals surface area contributed by atoms with Crippen molar-refractivity contribution in [3.8, 4) is 0 Å². The molecule has 3 rings (SSSR count). The van der Waals surface area contributed by atoms with Crippen LogP contribution in [0, 0.1) is 10.4 Å². The van der Waals surface area contributed by atoms with Gasteiger partial charge in [0.1, 0.15) is 26.2 Å². The van der Waals surface area contributed by atoms with Gasteiger partial charge in [-0.1, -0.05) is 0 Å². The fourth-order valence-corrected chi connectivity index (χ4v) is 4.93. The number of amidine groups is 2. The van der Waals surface area contributed by atoms with Crippen LogP contribution in [0.3, 0.4) is 0 Å². The van der Waals surface area contributed by atoms with Crippen molar-refractivity contribution in [3.05, 3.63) is 58.9 Å². The predicted molar refractivity (Wildman–Crippen MR) is 179 cm³/mol. The number of nitrogens with zero attached hydrogens (tertiary/aromatic N) is 5. The Balaban J connectivity index is 1.60. The van der Waals surface area contributed by atoms with Crippen LogP contribution in [0.5, 0.6) is 0 Å². The number of ketones is 1. The summed E-state index contributed by atoms with van der Waals surface area (Å²) in [5, 5.41) is 68.1. The normalized spacial score (nSPS) is 15.8. The minimum Gasteiger partial charge on any atom is -0.633 e. The van der Waals surface area contributed by atoms with E-state index in [2.05, 4.69) is 25.6 Å². The average Bonchev–Trinajstić information content (AvgIpc) is 3.02.